The molecule has 4 N–H and O–H groups in total. The van der Waals surface area contributed by atoms with Gasteiger partial charge < -0.3 is 25.5 Å². The fourth-order valence-electron chi connectivity index (χ4n) is 4.32. The highest BCUT2D eigenvalue weighted by atomic mass is 16.3. The molecule has 0 saturated carbocycles. The number of phenolic OH excluding ortho intramolecular Hbond substituents is 1. The number of benzene rings is 2. The normalized spacial score (nSPS) is 13.6. The third kappa shape index (κ3) is 8.64. The minimum atomic E-state index is -1.18. The number of unbranched alkanes of at least 4 members (excludes halogenated alkanes) is 1. The first-order valence-corrected chi connectivity index (χ1v) is 13.1. The van der Waals surface area contributed by atoms with Crippen molar-refractivity contribution in [3.63, 3.8) is 0 Å². The zero-order chi connectivity index (χ0) is 26.7. The molecule has 36 heavy (non-hydrogen) atoms. The Morgan fingerprint density at radius 1 is 0.917 bits per heavy atom. The van der Waals surface area contributed by atoms with Gasteiger partial charge in [0.15, 0.2) is 0 Å². The summed E-state index contributed by atoms with van der Waals surface area (Å²) in [5, 5.41) is 34.0. The Morgan fingerprint density at radius 3 is 2.11 bits per heavy atom. The Kier molecular flexibility index (Phi) is 11.9. The zero-order valence-corrected chi connectivity index (χ0v) is 22.0. The molecular formula is C29H42N2O5. The first-order chi connectivity index (χ1) is 17.2. The van der Waals surface area contributed by atoms with Gasteiger partial charge in [-0.3, -0.25) is 9.59 Å². The van der Waals surface area contributed by atoms with Gasteiger partial charge in [-0.1, -0.05) is 45.7 Å². The number of phenols is 1. The average molecular weight is 499 g/mol. The summed E-state index contributed by atoms with van der Waals surface area (Å²) in [6, 6.07) is 10.9. The Balaban J connectivity index is 2.30. The average Bonchev–Trinajstić information content (AvgIpc) is 2.86. The molecule has 3 atom stereocenters. The number of amides is 2. The van der Waals surface area contributed by atoms with Crippen LogP contribution < -0.4 is 5.32 Å². The van der Waals surface area contributed by atoms with E-state index < -0.39 is 24.2 Å². The fourth-order valence-corrected chi connectivity index (χ4v) is 4.32. The Labute approximate surface area is 215 Å². The number of hydrogen-bond donors (Lipinski definition) is 4. The molecule has 0 aliphatic carbocycles. The molecule has 198 valence electrons. The SMILES string of the molecule is CCCCC(O)C(O)C(Cc1ccc(O)cc1)NC(=O)c1cc(C)cc(C(=O)N(CCC)CCC)c1. The maximum atomic E-state index is 13.3. The summed E-state index contributed by atoms with van der Waals surface area (Å²) in [5.41, 5.74) is 2.38. The topological polar surface area (TPSA) is 110 Å². The highest BCUT2D eigenvalue weighted by Gasteiger charge is 2.28. The van der Waals surface area contributed by atoms with Crippen molar-refractivity contribution >= 4 is 11.8 Å². The van der Waals surface area contributed by atoms with Crippen LogP contribution >= 0.6 is 0 Å². The second-order valence-corrected chi connectivity index (χ2v) is 9.53. The molecule has 3 unspecified atom stereocenters. The lowest BCUT2D eigenvalue weighted by Gasteiger charge is -2.28. The molecule has 0 aliphatic rings. The van der Waals surface area contributed by atoms with E-state index in [1.54, 1.807) is 47.4 Å². The van der Waals surface area contributed by atoms with Crippen LogP contribution in [0, 0.1) is 6.92 Å². The molecule has 2 rings (SSSR count). The number of aryl methyl sites for hydroxylation is 1. The maximum absolute atomic E-state index is 13.3. The van der Waals surface area contributed by atoms with Gasteiger partial charge in [0.05, 0.1) is 12.1 Å². The summed E-state index contributed by atoms with van der Waals surface area (Å²) in [5.74, 6) is -0.400. The van der Waals surface area contributed by atoms with E-state index in [0.717, 1.165) is 36.8 Å². The van der Waals surface area contributed by atoms with E-state index in [-0.39, 0.29) is 18.1 Å². The summed E-state index contributed by atoms with van der Waals surface area (Å²) in [4.78, 5) is 28.3. The van der Waals surface area contributed by atoms with Crippen molar-refractivity contribution in [1.29, 1.82) is 0 Å². The van der Waals surface area contributed by atoms with Crippen LogP contribution in [-0.4, -0.2) is 63.4 Å². The molecule has 0 saturated heterocycles. The Bertz CT molecular complexity index is 970. The van der Waals surface area contributed by atoms with Gasteiger partial charge in [0.1, 0.15) is 11.9 Å². The molecule has 0 radical (unpaired) electrons. The molecule has 7 nitrogen and oxygen atoms in total. The van der Waals surface area contributed by atoms with Crippen LogP contribution in [0.25, 0.3) is 0 Å². The Hall–Kier alpha value is -2.90. The third-order valence-corrected chi connectivity index (χ3v) is 6.23. The second-order valence-electron chi connectivity index (χ2n) is 9.53. The standard InChI is InChI=1S/C29H42N2O5/c1-5-8-9-26(33)27(34)25(18-21-10-12-24(32)13-11-21)30-28(35)22-16-20(4)17-23(19-22)29(36)31(14-6-2)15-7-3/h10-13,16-17,19,25-27,32-34H,5-9,14-15,18H2,1-4H3,(H,30,35). The van der Waals surface area contributed by atoms with Gasteiger partial charge in [-0.25, -0.2) is 0 Å². The number of carbonyl (C=O) groups excluding carboxylic acids is 2. The van der Waals surface area contributed by atoms with Crippen LogP contribution in [0.1, 0.15) is 84.7 Å². The quantitative estimate of drug-likeness (QED) is 0.312. The lowest BCUT2D eigenvalue weighted by atomic mass is 9.94. The molecule has 2 aromatic carbocycles. The number of hydrogen-bond acceptors (Lipinski definition) is 5. The zero-order valence-electron chi connectivity index (χ0n) is 22.0. The second kappa shape index (κ2) is 14.6. The largest absolute Gasteiger partial charge is 0.508 e. The predicted molar refractivity (Wildman–Crippen MR) is 142 cm³/mol. The van der Waals surface area contributed by atoms with Crippen molar-refractivity contribution in [2.75, 3.05) is 13.1 Å². The van der Waals surface area contributed by atoms with Gasteiger partial charge in [0.2, 0.25) is 0 Å². The van der Waals surface area contributed by atoms with Crippen molar-refractivity contribution < 1.29 is 24.9 Å². The molecular weight excluding hydrogens is 456 g/mol. The number of aliphatic hydroxyl groups is 2. The van der Waals surface area contributed by atoms with Crippen LogP contribution in [-0.2, 0) is 6.42 Å². The van der Waals surface area contributed by atoms with Crippen LogP contribution in [0.5, 0.6) is 5.75 Å². The van der Waals surface area contributed by atoms with E-state index in [9.17, 15) is 24.9 Å². The molecule has 7 heteroatoms. The monoisotopic (exact) mass is 498 g/mol. The molecule has 0 aliphatic heterocycles. The number of aromatic hydroxyl groups is 1. The van der Waals surface area contributed by atoms with Gasteiger partial charge in [-0.2, -0.15) is 0 Å². The van der Waals surface area contributed by atoms with Crippen molar-refractivity contribution in [2.24, 2.45) is 0 Å². The lowest BCUT2D eigenvalue weighted by molar-refractivity contribution is -0.00814. The minimum Gasteiger partial charge on any atom is -0.508 e. The smallest absolute Gasteiger partial charge is 0.253 e. The van der Waals surface area contributed by atoms with Crippen LogP contribution in [0.15, 0.2) is 42.5 Å². The first kappa shape index (κ1) is 29.3. The molecule has 0 spiro atoms. The molecule has 0 fully saturated rings. The van der Waals surface area contributed by atoms with E-state index >= 15 is 0 Å². The van der Waals surface area contributed by atoms with Crippen LogP contribution in [0.4, 0.5) is 0 Å². The van der Waals surface area contributed by atoms with Crippen molar-refractivity contribution in [3.05, 3.63) is 64.7 Å². The van der Waals surface area contributed by atoms with Crippen molar-refractivity contribution in [3.8, 4) is 5.75 Å². The highest BCUT2D eigenvalue weighted by Crippen LogP contribution is 2.18. The molecule has 0 heterocycles. The number of aliphatic hydroxyl groups excluding tert-OH is 2. The van der Waals surface area contributed by atoms with Gasteiger partial charge in [0.25, 0.3) is 11.8 Å². The van der Waals surface area contributed by atoms with E-state index in [1.807, 2.05) is 27.7 Å². The number of nitrogens with one attached hydrogen (secondary N) is 1. The van der Waals surface area contributed by atoms with E-state index in [0.29, 0.717) is 30.6 Å². The van der Waals surface area contributed by atoms with E-state index in [1.165, 1.54) is 0 Å². The predicted octanol–water partition coefficient (Wildman–Crippen LogP) is 4.22. The van der Waals surface area contributed by atoms with Crippen molar-refractivity contribution in [1.82, 2.24) is 10.2 Å². The number of nitrogens with zero attached hydrogens (tertiary/aromatic N) is 1. The van der Waals surface area contributed by atoms with Gasteiger partial charge >= 0.3 is 0 Å². The first-order valence-electron chi connectivity index (χ1n) is 13.1. The summed E-state index contributed by atoms with van der Waals surface area (Å²) in [6.07, 6.45) is 1.87. The molecule has 0 bridgehead atoms. The molecule has 2 amide bonds. The number of rotatable bonds is 14. The van der Waals surface area contributed by atoms with Crippen LogP contribution in [0.2, 0.25) is 0 Å². The van der Waals surface area contributed by atoms with Gasteiger partial charge in [-0.05, 0) is 74.1 Å². The molecule has 2 aromatic rings. The van der Waals surface area contributed by atoms with E-state index in [4.69, 9.17) is 0 Å². The third-order valence-electron chi connectivity index (χ3n) is 6.23. The summed E-state index contributed by atoms with van der Waals surface area (Å²) in [6.45, 7) is 9.21. The van der Waals surface area contributed by atoms with Crippen molar-refractivity contribution in [2.45, 2.75) is 84.5 Å². The highest BCUT2D eigenvalue weighted by molar-refractivity contribution is 6.00. The van der Waals surface area contributed by atoms with Gasteiger partial charge in [-0.15, -0.1) is 0 Å². The summed E-state index contributed by atoms with van der Waals surface area (Å²) in [7, 11) is 0. The maximum Gasteiger partial charge on any atom is 0.253 e. The number of carbonyl (C=O) groups is 2. The molecule has 0 aromatic heterocycles. The van der Waals surface area contributed by atoms with Gasteiger partial charge in [0, 0.05) is 24.2 Å². The Morgan fingerprint density at radius 2 is 1.53 bits per heavy atom. The minimum absolute atomic E-state index is 0.105. The van der Waals surface area contributed by atoms with Crippen LogP contribution in [0.3, 0.4) is 0 Å². The lowest BCUT2D eigenvalue weighted by Crippen LogP contribution is -2.49. The summed E-state index contributed by atoms with van der Waals surface area (Å²) >= 11 is 0. The van der Waals surface area contributed by atoms with E-state index in [2.05, 4.69) is 5.32 Å². The fraction of sp³-hybridized carbons (Fsp3) is 0.517. The summed E-state index contributed by atoms with van der Waals surface area (Å²) < 4.78 is 0.